The van der Waals surface area contributed by atoms with Crippen LogP contribution in [0.2, 0.25) is 0 Å². The summed E-state index contributed by atoms with van der Waals surface area (Å²) in [5, 5.41) is 8.01. The number of fused-ring (bicyclic) bond motifs is 1. The first-order chi connectivity index (χ1) is 18.9. The number of likely N-dealkylation sites (N-methyl/N-ethyl adjacent to an activating group) is 2. The molecule has 39 heavy (non-hydrogen) atoms. The number of hydrogen-bond donors (Lipinski definition) is 2. The van der Waals surface area contributed by atoms with Crippen molar-refractivity contribution in [1.29, 1.82) is 0 Å². The van der Waals surface area contributed by atoms with Crippen LogP contribution in [-0.4, -0.2) is 65.8 Å². The lowest BCUT2D eigenvalue weighted by molar-refractivity contribution is 0.413. The molecule has 0 amide bonds. The highest BCUT2D eigenvalue weighted by molar-refractivity contribution is 5.95. The van der Waals surface area contributed by atoms with Crippen molar-refractivity contribution in [2.24, 2.45) is 7.05 Å². The van der Waals surface area contributed by atoms with E-state index >= 15 is 0 Å². The molecular formula is C30H34N8O. The highest BCUT2D eigenvalue weighted by Gasteiger charge is 2.17. The van der Waals surface area contributed by atoms with Gasteiger partial charge in [0.1, 0.15) is 11.6 Å². The van der Waals surface area contributed by atoms with Gasteiger partial charge in [-0.05, 0) is 44.4 Å². The summed E-state index contributed by atoms with van der Waals surface area (Å²) in [5.74, 6) is 1.92. The maximum absolute atomic E-state index is 5.81. The summed E-state index contributed by atoms with van der Waals surface area (Å²) in [6.07, 6.45) is 5.65. The molecule has 0 spiro atoms. The summed E-state index contributed by atoms with van der Waals surface area (Å²) >= 11 is 0. The number of nitrogens with zero attached hydrogens (tertiary/aromatic N) is 6. The number of aryl methyl sites for hydroxylation is 1. The molecular weight excluding hydrogens is 488 g/mol. The molecule has 2 N–H and O–H groups in total. The van der Waals surface area contributed by atoms with Crippen molar-refractivity contribution in [3.05, 3.63) is 79.3 Å². The molecule has 200 valence electrons. The lowest BCUT2D eigenvalue weighted by Gasteiger charge is -2.26. The Balaban J connectivity index is 1.51. The van der Waals surface area contributed by atoms with Crippen molar-refractivity contribution in [2.75, 3.05) is 56.9 Å². The van der Waals surface area contributed by atoms with E-state index in [0.717, 1.165) is 58.1 Å². The van der Waals surface area contributed by atoms with Gasteiger partial charge in [-0.25, -0.2) is 15.0 Å². The quantitative estimate of drug-likeness (QED) is 0.248. The Hall–Kier alpha value is -4.63. The fourth-order valence-corrected chi connectivity index (χ4v) is 4.53. The van der Waals surface area contributed by atoms with Crippen molar-refractivity contribution in [1.82, 2.24) is 24.4 Å². The van der Waals surface area contributed by atoms with Gasteiger partial charge in [0, 0.05) is 68.3 Å². The molecule has 9 nitrogen and oxygen atoms in total. The smallest absolute Gasteiger partial charge is 0.227 e. The van der Waals surface area contributed by atoms with E-state index in [4.69, 9.17) is 9.72 Å². The van der Waals surface area contributed by atoms with Crippen LogP contribution in [0.15, 0.2) is 79.3 Å². The van der Waals surface area contributed by atoms with Gasteiger partial charge in [-0.1, -0.05) is 24.3 Å². The Morgan fingerprint density at radius 3 is 2.46 bits per heavy atom. The Morgan fingerprint density at radius 1 is 0.872 bits per heavy atom. The Bertz CT molecular complexity index is 1560. The highest BCUT2D eigenvalue weighted by Crippen LogP contribution is 2.39. The number of pyridine rings is 1. The minimum Gasteiger partial charge on any atom is -0.494 e. The second kappa shape index (κ2) is 11.4. The molecule has 9 heteroatoms. The number of ether oxygens (including phenoxy) is 1. The van der Waals surface area contributed by atoms with Crippen molar-refractivity contribution in [3.63, 3.8) is 0 Å². The first-order valence-corrected chi connectivity index (χ1v) is 12.8. The zero-order chi connectivity index (χ0) is 27.4. The van der Waals surface area contributed by atoms with Crippen LogP contribution in [0.5, 0.6) is 5.75 Å². The van der Waals surface area contributed by atoms with Gasteiger partial charge in [0.15, 0.2) is 0 Å². The van der Waals surface area contributed by atoms with Crippen molar-refractivity contribution in [3.8, 4) is 17.0 Å². The van der Waals surface area contributed by atoms with Gasteiger partial charge >= 0.3 is 0 Å². The molecule has 0 saturated heterocycles. The number of hydrogen-bond acceptors (Lipinski definition) is 8. The van der Waals surface area contributed by atoms with E-state index in [1.165, 1.54) is 0 Å². The third-order valence-corrected chi connectivity index (χ3v) is 6.61. The molecule has 0 aliphatic heterocycles. The standard InChI is InChI=1S/C30H34N8O/c1-36(2)16-17-37(3)27-19-28(39-5)25(18-24(27)33-29-12-8-9-14-31-29)35-30-32-15-13-23(34-30)22-20-38(4)26-11-7-6-10-21(22)26/h6-15,18-20H,16-17H2,1-5H3,(H,31,33)(H,32,34,35). The van der Waals surface area contributed by atoms with Crippen molar-refractivity contribution < 1.29 is 4.74 Å². The largest absolute Gasteiger partial charge is 0.494 e. The Morgan fingerprint density at radius 2 is 1.69 bits per heavy atom. The lowest BCUT2D eigenvalue weighted by Crippen LogP contribution is -2.29. The summed E-state index contributed by atoms with van der Waals surface area (Å²) in [4.78, 5) is 18.2. The van der Waals surface area contributed by atoms with Crippen LogP contribution >= 0.6 is 0 Å². The SMILES string of the molecule is COc1cc(N(C)CCN(C)C)c(Nc2ccccn2)cc1Nc1nccc(-c2cn(C)c3ccccc23)n1. The average Bonchev–Trinajstić information content (AvgIpc) is 3.29. The highest BCUT2D eigenvalue weighted by atomic mass is 16.5. The van der Waals surface area contributed by atoms with Gasteiger partial charge in [-0.15, -0.1) is 0 Å². The molecule has 5 rings (SSSR count). The molecule has 0 fully saturated rings. The van der Waals surface area contributed by atoms with Gasteiger partial charge in [-0.2, -0.15) is 0 Å². The Kier molecular flexibility index (Phi) is 7.60. The van der Waals surface area contributed by atoms with Gasteiger partial charge in [-0.3, -0.25) is 0 Å². The molecule has 2 aromatic carbocycles. The van der Waals surface area contributed by atoms with Crippen molar-refractivity contribution in [2.45, 2.75) is 0 Å². The van der Waals surface area contributed by atoms with Crippen LogP contribution in [-0.2, 0) is 7.05 Å². The third-order valence-electron chi connectivity index (χ3n) is 6.61. The first kappa shape index (κ1) is 26.0. The molecule has 5 aromatic rings. The zero-order valence-corrected chi connectivity index (χ0v) is 23.0. The summed E-state index contributed by atoms with van der Waals surface area (Å²) < 4.78 is 7.93. The summed E-state index contributed by atoms with van der Waals surface area (Å²) in [6.45, 7) is 1.76. The number of aromatic nitrogens is 4. The third kappa shape index (κ3) is 5.78. The molecule has 0 atom stereocenters. The van der Waals surface area contributed by atoms with Gasteiger partial charge in [0.2, 0.25) is 5.95 Å². The molecule has 3 heterocycles. The maximum atomic E-state index is 5.81. The van der Waals surface area contributed by atoms with Crippen molar-refractivity contribution >= 4 is 39.7 Å². The summed E-state index contributed by atoms with van der Waals surface area (Å²) in [7, 11) is 9.93. The average molecular weight is 523 g/mol. The summed E-state index contributed by atoms with van der Waals surface area (Å²) in [6, 6.07) is 20.1. The maximum Gasteiger partial charge on any atom is 0.227 e. The fraction of sp³-hybridized carbons (Fsp3) is 0.233. The first-order valence-electron chi connectivity index (χ1n) is 12.8. The van der Waals surface area contributed by atoms with Gasteiger partial charge in [0.25, 0.3) is 0 Å². The van der Waals surface area contributed by atoms with E-state index in [9.17, 15) is 0 Å². The van der Waals surface area contributed by atoms with Gasteiger partial charge < -0.3 is 29.7 Å². The summed E-state index contributed by atoms with van der Waals surface area (Å²) in [5.41, 5.74) is 5.69. The number of nitrogens with one attached hydrogen (secondary N) is 2. The van der Waals surface area contributed by atoms with E-state index in [1.54, 1.807) is 19.5 Å². The van der Waals surface area contributed by atoms with Crippen LogP contribution in [0.4, 0.5) is 28.8 Å². The van der Waals surface area contributed by atoms with Gasteiger partial charge in [0.05, 0.1) is 29.9 Å². The predicted octanol–water partition coefficient (Wildman–Crippen LogP) is 5.52. The van der Waals surface area contributed by atoms with Crippen LogP contribution in [0.25, 0.3) is 22.2 Å². The van der Waals surface area contributed by atoms with Crippen LogP contribution in [0.3, 0.4) is 0 Å². The predicted molar refractivity (Wildman–Crippen MR) is 160 cm³/mol. The zero-order valence-electron chi connectivity index (χ0n) is 23.0. The van der Waals surface area contributed by atoms with E-state index in [2.05, 4.69) is 74.4 Å². The molecule has 0 saturated carbocycles. The molecule has 0 aliphatic rings. The van der Waals surface area contributed by atoms with E-state index < -0.39 is 0 Å². The normalized spacial score (nSPS) is 11.1. The van der Waals surface area contributed by atoms with Crippen LogP contribution in [0.1, 0.15) is 0 Å². The molecule has 0 radical (unpaired) electrons. The molecule has 3 aromatic heterocycles. The number of para-hydroxylation sites is 1. The monoisotopic (exact) mass is 522 g/mol. The number of methoxy groups -OCH3 is 1. The molecule has 0 unspecified atom stereocenters. The second-order valence-corrected chi connectivity index (χ2v) is 9.70. The fourth-order valence-electron chi connectivity index (χ4n) is 4.53. The number of anilines is 5. The van der Waals surface area contributed by atoms with Crippen LogP contribution in [0, 0.1) is 0 Å². The molecule has 0 bridgehead atoms. The minimum absolute atomic E-state index is 0.483. The number of benzene rings is 2. The van der Waals surface area contributed by atoms with E-state index in [0.29, 0.717) is 11.7 Å². The molecule has 0 aliphatic carbocycles. The number of rotatable bonds is 10. The topological polar surface area (TPSA) is 83.4 Å². The second-order valence-electron chi connectivity index (χ2n) is 9.70. The van der Waals surface area contributed by atoms with E-state index in [1.807, 2.05) is 55.6 Å². The lowest BCUT2D eigenvalue weighted by atomic mass is 10.1. The van der Waals surface area contributed by atoms with Crippen LogP contribution < -0.4 is 20.3 Å². The Labute approximate surface area is 229 Å². The van der Waals surface area contributed by atoms with E-state index in [-0.39, 0.29) is 0 Å². The minimum atomic E-state index is 0.483.